The molecule has 1 aliphatic rings. The Kier molecular flexibility index (Phi) is 8.59. The van der Waals surface area contributed by atoms with Gasteiger partial charge in [-0.2, -0.15) is 0 Å². The highest BCUT2D eigenvalue weighted by molar-refractivity contribution is 5.69. The molecule has 0 unspecified atom stereocenters. The second kappa shape index (κ2) is 11.4. The van der Waals surface area contributed by atoms with Crippen molar-refractivity contribution in [1.82, 2.24) is 9.58 Å². The number of carbonyl (C=O) groups is 1. The summed E-state index contributed by atoms with van der Waals surface area (Å²) >= 11 is 0. The van der Waals surface area contributed by atoms with Gasteiger partial charge in [-0.25, -0.2) is 5.01 Å². The minimum absolute atomic E-state index is 0.152. The molecule has 1 N–H and O–H groups in total. The minimum atomic E-state index is -0.152. The molecule has 31 heavy (non-hydrogen) atoms. The van der Waals surface area contributed by atoms with E-state index in [2.05, 4.69) is 60.0 Å². The second-order valence-electron chi connectivity index (χ2n) is 8.66. The lowest BCUT2D eigenvalue weighted by molar-refractivity contribution is -0.143. The Bertz CT molecular complexity index is 849. The molecule has 0 saturated carbocycles. The van der Waals surface area contributed by atoms with Gasteiger partial charge in [0.25, 0.3) is 0 Å². The number of hydrogen-bond acceptors (Lipinski definition) is 4. The van der Waals surface area contributed by atoms with Crippen molar-refractivity contribution in [2.24, 2.45) is 0 Å². The summed E-state index contributed by atoms with van der Waals surface area (Å²) in [6.07, 6.45) is 8.00. The third-order valence-corrected chi connectivity index (χ3v) is 6.39. The molecule has 0 bridgehead atoms. The molecular weight excluding hydrogens is 386 g/mol. The lowest BCUT2D eigenvalue weighted by Crippen LogP contribution is -2.25. The first-order chi connectivity index (χ1) is 15.0. The number of aromatic nitrogens is 1. The van der Waals surface area contributed by atoms with Crippen molar-refractivity contribution >= 4 is 11.7 Å². The van der Waals surface area contributed by atoms with Crippen molar-refractivity contribution in [3.8, 4) is 0 Å². The number of benzene rings is 1. The van der Waals surface area contributed by atoms with E-state index < -0.39 is 0 Å². The van der Waals surface area contributed by atoms with Crippen LogP contribution in [0.2, 0.25) is 0 Å². The molecule has 5 heteroatoms. The summed E-state index contributed by atoms with van der Waals surface area (Å²) in [5.74, 6) is -0.152. The molecule has 0 atom stereocenters. The summed E-state index contributed by atoms with van der Waals surface area (Å²) in [6, 6.07) is 8.79. The van der Waals surface area contributed by atoms with E-state index in [4.69, 9.17) is 4.74 Å². The minimum Gasteiger partial charge on any atom is -0.465 e. The van der Waals surface area contributed by atoms with E-state index in [0.717, 1.165) is 38.0 Å². The molecule has 1 aromatic heterocycles. The van der Waals surface area contributed by atoms with Gasteiger partial charge in [0.15, 0.2) is 0 Å². The van der Waals surface area contributed by atoms with Crippen LogP contribution in [-0.2, 0) is 28.9 Å². The molecule has 1 saturated heterocycles. The van der Waals surface area contributed by atoms with Crippen molar-refractivity contribution in [3.05, 3.63) is 52.3 Å². The Labute approximate surface area is 187 Å². The summed E-state index contributed by atoms with van der Waals surface area (Å²) in [4.78, 5) is 12.3. The van der Waals surface area contributed by atoms with Crippen molar-refractivity contribution in [2.75, 3.05) is 25.1 Å². The Hall–Kier alpha value is -2.27. The Morgan fingerprint density at radius 1 is 1.06 bits per heavy atom. The summed E-state index contributed by atoms with van der Waals surface area (Å²) < 4.78 is 7.44. The van der Waals surface area contributed by atoms with Gasteiger partial charge in [-0.3, -0.25) is 4.79 Å². The summed E-state index contributed by atoms with van der Waals surface area (Å²) in [5.41, 5.74) is 11.1. The Balaban J connectivity index is 1.78. The second-order valence-corrected chi connectivity index (χ2v) is 8.66. The maximum Gasteiger partial charge on any atom is 0.325 e. The molecule has 1 aromatic carbocycles. The molecule has 3 rings (SSSR count). The van der Waals surface area contributed by atoms with Gasteiger partial charge < -0.3 is 14.7 Å². The predicted molar refractivity (Wildman–Crippen MR) is 127 cm³/mol. The van der Waals surface area contributed by atoms with Crippen LogP contribution in [0.3, 0.4) is 0 Å². The van der Waals surface area contributed by atoms with Gasteiger partial charge in [-0.15, -0.1) is 0 Å². The lowest BCUT2D eigenvalue weighted by Gasteiger charge is -2.18. The summed E-state index contributed by atoms with van der Waals surface area (Å²) in [6.45, 7) is 11.4. The highest BCUT2D eigenvalue weighted by atomic mass is 16.5. The third-order valence-electron chi connectivity index (χ3n) is 6.39. The van der Waals surface area contributed by atoms with E-state index in [-0.39, 0.29) is 5.97 Å². The first kappa shape index (κ1) is 23.4. The summed E-state index contributed by atoms with van der Waals surface area (Å²) in [5, 5.41) is 2.29. The van der Waals surface area contributed by atoms with Crippen LogP contribution >= 0.6 is 0 Å². The topological polar surface area (TPSA) is 46.5 Å². The highest BCUT2D eigenvalue weighted by Crippen LogP contribution is 2.27. The fourth-order valence-corrected chi connectivity index (χ4v) is 4.60. The molecule has 0 aliphatic carbocycles. The molecule has 5 nitrogen and oxygen atoms in total. The molecule has 170 valence electrons. The summed E-state index contributed by atoms with van der Waals surface area (Å²) in [7, 11) is 0. The van der Waals surface area contributed by atoms with Gasteiger partial charge in [-0.05, 0) is 81.7 Å². The van der Waals surface area contributed by atoms with Crippen LogP contribution in [0.15, 0.2) is 24.3 Å². The van der Waals surface area contributed by atoms with Crippen molar-refractivity contribution in [3.63, 3.8) is 0 Å². The third kappa shape index (κ3) is 6.13. The van der Waals surface area contributed by atoms with Crippen LogP contribution in [-0.4, -0.2) is 35.2 Å². The number of nitrogens with zero attached hydrogens (tertiary/aromatic N) is 2. The van der Waals surface area contributed by atoms with Gasteiger partial charge >= 0.3 is 5.97 Å². The van der Waals surface area contributed by atoms with Crippen molar-refractivity contribution < 1.29 is 9.53 Å². The van der Waals surface area contributed by atoms with E-state index in [0.29, 0.717) is 13.2 Å². The standard InChI is InChI=1S/C26H39N3O2/c1-5-7-8-11-25-20(3)24(21(4)29(25)19-26(30)31-6-2)18-22-12-14-23(15-13-22)27-28-16-9-10-17-28/h12-15,27H,5-11,16-19H2,1-4H3. The zero-order valence-electron chi connectivity index (χ0n) is 19.8. The number of esters is 1. The first-order valence-corrected chi connectivity index (χ1v) is 12.0. The van der Waals surface area contributed by atoms with E-state index in [1.54, 1.807) is 0 Å². The smallest absolute Gasteiger partial charge is 0.325 e. The highest BCUT2D eigenvalue weighted by Gasteiger charge is 2.19. The zero-order valence-corrected chi connectivity index (χ0v) is 19.8. The quantitative estimate of drug-likeness (QED) is 0.386. The maximum absolute atomic E-state index is 12.3. The van der Waals surface area contributed by atoms with Crippen LogP contribution in [0.1, 0.15) is 74.0 Å². The molecule has 1 fully saturated rings. The van der Waals surface area contributed by atoms with E-state index in [9.17, 15) is 4.79 Å². The normalized spacial score (nSPS) is 14.2. The van der Waals surface area contributed by atoms with Gasteiger partial charge in [0.05, 0.1) is 6.61 Å². The number of nitrogens with one attached hydrogen (secondary N) is 1. The van der Waals surface area contributed by atoms with Crippen LogP contribution in [0.5, 0.6) is 0 Å². The van der Waals surface area contributed by atoms with Gasteiger partial charge in [-0.1, -0.05) is 31.9 Å². The fourth-order valence-electron chi connectivity index (χ4n) is 4.60. The predicted octanol–water partition coefficient (Wildman–Crippen LogP) is 5.41. The Morgan fingerprint density at radius 3 is 2.42 bits per heavy atom. The SMILES string of the molecule is CCCCCc1c(C)c(Cc2ccc(NN3CCCC3)cc2)c(C)n1CC(=O)OCC. The van der Waals surface area contributed by atoms with Gasteiger partial charge in [0.2, 0.25) is 0 Å². The number of anilines is 1. The first-order valence-electron chi connectivity index (χ1n) is 12.0. The van der Waals surface area contributed by atoms with Gasteiger partial charge in [0, 0.05) is 30.2 Å². The molecule has 0 radical (unpaired) electrons. The number of ether oxygens (including phenoxy) is 1. The molecule has 2 heterocycles. The molecule has 0 spiro atoms. The number of rotatable bonds is 11. The average Bonchev–Trinajstić information content (AvgIpc) is 3.34. The lowest BCUT2D eigenvalue weighted by atomic mass is 10.00. The van der Waals surface area contributed by atoms with Crippen molar-refractivity contribution in [1.29, 1.82) is 0 Å². The van der Waals surface area contributed by atoms with E-state index in [1.807, 2.05) is 6.92 Å². The number of unbranched alkanes of at least 4 members (excludes halogenated alkanes) is 2. The molecular formula is C26H39N3O2. The Morgan fingerprint density at radius 2 is 1.77 bits per heavy atom. The maximum atomic E-state index is 12.3. The number of hydrogen-bond donors (Lipinski definition) is 1. The van der Waals surface area contributed by atoms with Gasteiger partial charge in [0.1, 0.15) is 6.54 Å². The van der Waals surface area contributed by atoms with E-state index >= 15 is 0 Å². The number of hydrazine groups is 1. The van der Waals surface area contributed by atoms with Crippen molar-refractivity contribution in [2.45, 2.75) is 79.2 Å². The molecule has 1 aliphatic heterocycles. The molecule has 2 aromatic rings. The van der Waals surface area contributed by atoms with Crippen LogP contribution in [0, 0.1) is 13.8 Å². The van der Waals surface area contributed by atoms with Crippen LogP contribution in [0.25, 0.3) is 0 Å². The fraction of sp³-hybridized carbons (Fsp3) is 0.577. The van der Waals surface area contributed by atoms with E-state index in [1.165, 1.54) is 53.8 Å². The average molecular weight is 426 g/mol. The van der Waals surface area contributed by atoms with Crippen LogP contribution in [0.4, 0.5) is 5.69 Å². The molecule has 0 amide bonds. The largest absolute Gasteiger partial charge is 0.465 e. The number of carbonyl (C=O) groups excluding carboxylic acids is 1. The zero-order chi connectivity index (χ0) is 22.2. The monoisotopic (exact) mass is 425 g/mol. The van der Waals surface area contributed by atoms with Crippen LogP contribution < -0.4 is 5.43 Å².